The fraction of sp³-hybridized carbons (Fsp3) is 0.462. The molecule has 0 aliphatic rings. The summed E-state index contributed by atoms with van der Waals surface area (Å²) in [6.07, 6.45) is 1.28. The average Bonchev–Trinajstić information content (AvgIpc) is 2.31. The summed E-state index contributed by atoms with van der Waals surface area (Å²) in [6, 6.07) is 11.2. The molecule has 4 heteroatoms. The van der Waals surface area contributed by atoms with E-state index in [4.69, 9.17) is 5.26 Å². The van der Waals surface area contributed by atoms with Crippen LogP contribution in [0.4, 0.5) is 0 Å². The molecule has 0 saturated heterocycles. The van der Waals surface area contributed by atoms with E-state index in [1.54, 1.807) is 0 Å². The van der Waals surface area contributed by atoms with E-state index in [0.717, 1.165) is 5.56 Å². The van der Waals surface area contributed by atoms with E-state index < -0.39 is 15.1 Å². The highest BCUT2D eigenvalue weighted by Crippen LogP contribution is 2.26. The number of hydrogen-bond acceptors (Lipinski definition) is 3. The van der Waals surface area contributed by atoms with Crippen molar-refractivity contribution < 1.29 is 8.42 Å². The van der Waals surface area contributed by atoms with Crippen molar-refractivity contribution in [3.63, 3.8) is 0 Å². The second-order valence-corrected chi connectivity index (χ2v) is 6.24. The molecule has 0 heterocycles. The first kappa shape index (κ1) is 13.7. The molecule has 3 nitrogen and oxygen atoms in total. The number of nitrogens with zero attached hydrogens (tertiary/aromatic N) is 1. The highest BCUT2D eigenvalue weighted by molar-refractivity contribution is 7.91. The van der Waals surface area contributed by atoms with Gasteiger partial charge in [0, 0.05) is 6.42 Å². The lowest BCUT2D eigenvalue weighted by atomic mass is 10.1. The standard InChI is InChI=1S/C13H17NO2S/c1-2-13(12-8-4-3-5-9-12)17(15,16)11-7-6-10-14/h3-5,8-9,13H,2,6-7,11H2,1H3/t13-/m1/s1. The van der Waals surface area contributed by atoms with Gasteiger partial charge in [0.2, 0.25) is 0 Å². The molecule has 0 unspecified atom stereocenters. The van der Waals surface area contributed by atoms with Gasteiger partial charge in [-0.3, -0.25) is 0 Å². The van der Waals surface area contributed by atoms with Crippen molar-refractivity contribution in [2.24, 2.45) is 0 Å². The van der Waals surface area contributed by atoms with Crippen molar-refractivity contribution in [3.05, 3.63) is 35.9 Å². The van der Waals surface area contributed by atoms with Gasteiger partial charge in [0.05, 0.1) is 17.1 Å². The van der Waals surface area contributed by atoms with Crippen LogP contribution in [-0.2, 0) is 9.84 Å². The molecular formula is C13H17NO2S. The molecule has 0 aliphatic carbocycles. The van der Waals surface area contributed by atoms with E-state index in [2.05, 4.69) is 0 Å². The van der Waals surface area contributed by atoms with E-state index in [9.17, 15) is 8.42 Å². The van der Waals surface area contributed by atoms with Gasteiger partial charge in [-0.1, -0.05) is 37.3 Å². The Morgan fingerprint density at radius 3 is 2.47 bits per heavy atom. The number of hydrogen-bond donors (Lipinski definition) is 0. The molecule has 0 spiro atoms. The van der Waals surface area contributed by atoms with Crippen molar-refractivity contribution in [2.75, 3.05) is 5.75 Å². The number of benzene rings is 1. The molecule has 1 rings (SSSR count). The summed E-state index contributed by atoms with van der Waals surface area (Å²) in [4.78, 5) is 0. The summed E-state index contributed by atoms with van der Waals surface area (Å²) in [7, 11) is -3.15. The zero-order chi connectivity index (χ0) is 12.7. The van der Waals surface area contributed by atoms with Crippen LogP contribution in [0.25, 0.3) is 0 Å². The Morgan fingerprint density at radius 1 is 1.29 bits per heavy atom. The van der Waals surface area contributed by atoms with Crippen molar-refractivity contribution >= 4 is 9.84 Å². The van der Waals surface area contributed by atoms with Crippen molar-refractivity contribution in [1.82, 2.24) is 0 Å². The Bertz CT molecular complexity index is 474. The molecule has 1 atom stereocenters. The molecule has 1 aromatic rings. The molecule has 92 valence electrons. The molecule has 0 aliphatic heterocycles. The van der Waals surface area contributed by atoms with E-state index in [0.29, 0.717) is 19.3 Å². The molecule has 0 saturated carbocycles. The summed E-state index contributed by atoms with van der Waals surface area (Å²) < 4.78 is 24.3. The van der Waals surface area contributed by atoms with Gasteiger partial charge in [0.1, 0.15) is 0 Å². The minimum Gasteiger partial charge on any atom is -0.228 e. The molecule has 0 fully saturated rings. The largest absolute Gasteiger partial charge is 0.228 e. The first-order valence-electron chi connectivity index (χ1n) is 5.75. The topological polar surface area (TPSA) is 57.9 Å². The summed E-state index contributed by atoms with van der Waals surface area (Å²) in [5.41, 5.74) is 0.840. The zero-order valence-corrected chi connectivity index (χ0v) is 10.8. The Kier molecular flexibility index (Phi) is 5.17. The van der Waals surface area contributed by atoms with Crippen molar-refractivity contribution in [1.29, 1.82) is 5.26 Å². The van der Waals surface area contributed by atoms with Crippen LogP contribution in [-0.4, -0.2) is 14.2 Å². The molecule has 0 N–H and O–H groups in total. The third kappa shape index (κ3) is 3.86. The third-order valence-corrected chi connectivity index (χ3v) is 5.02. The molecular weight excluding hydrogens is 234 g/mol. The van der Waals surface area contributed by atoms with Crippen LogP contribution < -0.4 is 0 Å². The summed E-state index contributed by atoms with van der Waals surface area (Å²) in [5, 5.41) is 7.99. The maximum absolute atomic E-state index is 12.1. The highest BCUT2D eigenvalue weighted by Gasteiger charge is 2.24. The molecule has 0 radical (unpaired) electrons. The SMILES string of the molecule is CC[C@H](c1ccccc1)S(=O)(=O)CCCC#N. The smallest absolute Gasteiger partial charge is 0.157 e. The van der Waals surface area contributed by atoms with Crippen LogP contribution in [0.5, 0.6) is 0 Å². The lowest BCUT2D eigenvalue weighted by Crippen LogP contribution is -2.16. The second kappa shape index (κ2) is 6.41. The van der Waals surface area contributed by atoms with E-state index in [1.807, 2.05) is 43.3 Å². The summed E-state index contributed by atoms with van der Waals surface area (Å²) >= 11 is 0. The summed E-state index contributed by atoms with van der Waals surface area (Å²) in [6.45, 7) is 1.87. The monoisotopic (exact) mass is 251 g/mol. The lowest BCUT2D eigenvalue weighted by molar-refractivity contribution is 0.577. The fourth-order valence-corrected chi connectivity index (χ4v) is 3.77. The van der Waals surface area contributed by atoms with Crippen LogP contribution in [0.2, 0.25) is 0 Å². The van der Waals surface area contributed by atoms with Gasteiger partial charge >= 0.3 is 0 Å². The van der Waals surface area contributed by atoms with Crippen LogP contribution in [0, 0.1) is 11.3 Å². The fourth-order valence-electron chi connectivity index (χ4n) is 1.86. The zero-order valence-electron chi connectivity index (χ0n) is 9.96. The van der Waals surface area contributed by atoms with Gasteiger partial charge in [0.25, 0.3) is 0 Å². The van der Waals surface area contributed by atoms with Gasteiger partial charge < -0.3 is 0 Å². The Labute approximate surface area is 103 Å². The van der Waals surface area contributed by atoms with Gasteiger partial charge in [-0.15, -0.1) is 0 Å². The van der Waals surface area contributed by atoms with E-state index >= 15 is 0 Å². The number of sulfone groups is 1. The van der Waals surface area contributed by atoms with Crippen LogP contribution in [0.15, 0.2) is 30.3 Å². The minimum absolute atomic E-state index is 0.0912. The normalized spacial score (nSPS) is 12.9. The lowest BCUT2D eigenvalue weighted by Gasteiger charge is -2.15. The quantitative estimate of drug-likeness (QED) is 0.730. The van der Waals surface area contributed by atoms with Gasteiger partial charge in [-0.05, 0) is 18.4 Å². The molecule has 1 aromatic carbocycles. The second-order valence-electron chi connectivity index (χ2n) is 3.94. The highest BCUT2D eigenvalue weighted by atomic mass is 32.2. The van der Waals surface area contributed by atoms with Crippen LogP contribution >= 0.6 is 0 Å². The molecule has 17 heavy (non-hydrogen) atoms. The summed E-state index contributed by atoms with van der Waals surface area (Å²) in [5.74, 6) is 0.0912. The maximum Gasteiger partial charge on any atom is 0.157 e. The first-order chi connectivity index (χ1) is 8.11. The van der Waals surface area contributed by atoms with Crippen molar-refractivity contribution in [3.8, 4) is 6.07 Å². The van der Waals surface area contributed by atoms with E-state index in [-0.39, 0.29) is 5.75 Å². The van der Waals surface area contributed by atoms with Crippen LogP contribution in [0.3, 0.4) is 0 Å². The Hall–Kier alpha value is -1.34. The number of nitriles is 1. The molecule has 0 aromatic heterocycles. The minimum atomic E-state index is -3.15. The maximum atomic E-state index is 12.1. The molecule has 0 amide bonds. The first-order valence-corrected chi connectivity index (χ1v) is 7.47. The van der Waals surface area contributed by atoms with Crippen LogP contribution in [0.1, 0.15) is 37.0 Å². The Balaban J connectivity index is 2.84. The molecule has 0 bridgehead atoms. The van der Waals surface area contributed by atoms with Gasteiger partial charge in [-0.25, -0.2) is 8.42 Å². The predicted octanol–water partition coefficient (Wildman–Crippen LogP) is 2.86. The number of rotatable bonds is 6. The average molecular weight is 251 g/mol. The predicted molar refractivity (Wildman–Crippen MR) is 68.1 cm³/mol. The Morgan fingerprint density at radius 2 is 1.94 bits per heavy atom. The third-order valence-electron chi connectivity index (χ3n) is 2.69. The van der Waals surface area contributed by atoms with Gasteiger partial charge in [-0.2, -0.15) is 5.26 Å². The van der Waals surface area contributed by atoms with Crippen molar-refractivity contribution in [2.45, 2.75) is 31.4 Å². The van der Waals surface area contributed by atoms with E-state index in [1.165, 1.54) is 0 Å². The number of unbranched alkanes of at least 4 members (excludes halogenated alkanes) is 1. The van der Waals surface area contributed by atoms with Gasteiger partial charge in [0.15, 0.2) is 9.84 Å².